The van der Waals surface area contributed by atoms with Crippen LogP contribution in [0.5, 0.6) is 0 Å². The third-order valence-corrected chi connectivity index (χ3v) is 3.31. The molecule has 0 aliphatic rings. The van der Waals surface area contributed by atoms with E-state index in [0.717, 1.165) is 16.7 Å². The molecule has 0 saturated heterocycles. The van der Waals surface area contributed by atoms with Gasteiger partial charge in [-0.2, -0.15) is 0 Å². The van der Waals surface area contributed by atoms with E-state index < -0.39 is 0 Å². The van der Waals surface area contributed by atoms with Gasteiger partial charge in [-0.15, -0.1) is 0 Å². The Morgan fingerprint density at radius 3 is 1.53 bits per heavy atom. The fraction of sp³-hybridized carbons (Fsp3) is 0. The third kappa shape index (κ3) is 2.66. The van der Waals surface area contributed by atoms with Gasteiger partial charge in [-0.3, -0.25) is 0 Å². The lowest BCUT2D eigenvalue weighted by molar-refractivity contribution is 1.55. The SMILES string of the molecule is ClC=C(c1ccccc1Cl)c1ccccc1Cl. The van der Waals surface area contributed by atoms with Crippen LogP contribution in [-0.2, 0) is 0 Å². The molecule has 2 aromatic rings. The average molecular weight is 284 g/mol. The van der Waals surface area contributed by atoms with Crippen LogP contribution in [0.25, 0.3) is 5.57 Å². The van der Waals surface area contributed by atoms with E-state index in [2.05, 4.69) is 0 Å². The topological polar surface area (TPSA) is 0 Å². The quantitative estimate of drug-likeness (QED) is 0.671. The predicted molar refractivity (Wildman–Crippen MR) is 75.8 cm³/mol. The number of benzene rings is 2. The van der Waals surface area contributed by atoms with Crippen molar-refractivity contribution >= 4 is 40.4 Å². The Morgan fingerprint density at radius 2 is 1.18 bits per heavy atom. The van der Waals surface area contributed by atoms with E-state index >= 15 is 0 Å². The van der Waals surface area contributed by atoms with E-state index in [9.17, 15) is 0 Å². The second-order valence-electron chi connectivity index (χ2n) is 3.48. The molecule has 0 saturated carbocycles. The first-order valence-electron chi connectivity index (χ1n) is 5.04. The van der Waals surface area contributed by atoms with Gasteiger partial charge in [-0.1, -0.05) is 71.2 Å². The molecule has 0 nitrogen and oxygen atoms in total. The first kappa shape index (κ1) is 12.5. The van der Waals surface area contributed by atoms with Crippen LogP contribution in [0.1, 0.15) is 11.1 Å². The maximum absolute atomic E-state index is 6.16. The van der Waals surface area contributed by atoms with Crippen molar-refractivity contribution < 1.29 is 0 Å². The average Bonchev–Trinajstić information content (AvgIpc) is 2.34. The summed E-state index contributed by atoms with van der Waals surface area (Å²) in [5.74, 6) is 0. The Kier molecular flexibility index (Phi) is 4.11. The number of rotatable bonds is 2. The van der Waals surface area contributed by atoms with Gasteiger partial charge in [0.15, 0.2) is 0 Å². The Balaban J connectivity index is 2.57. The van der Waals surface area contributed by atoms with Gasteiger partial charge in [-0.05, 0) is 12.1 Å². The molecule has 0 spiro atoms. The number of hydrogen-bond acceptors (Lipinski definition) is 0. The predicted octanol–water partition coefficient (Wildman–Crippen LogP) is 5.62. The van der Waals surface area contributed by atoms with Gasteiger partial charge in [0, 0.05) is 32.3 Å². The van der Waals surface area contributed by atoms with Crippen LogP contribution in [0.2, 0.25) is 10.0 Å². The van der Waals surface area contributed by atoms with Gasteiger partial charge in [0.05, 0.1) is 0 Å². The highest BCUT2D eigenvalue weighted by Gasteiger charge is 2.10. The van der Waals surface area contributed by atoms with Crippen molar-refractivity contribution in [1.29, 1.82) is 0 Å². The van der Waals surface area contributed by atoms with Gasteiger partial charge >= 0.3 is 0 Å². The molecule has 0 aliphatic heterocycles. The molecule has 2 aromatic carbocycles. The minimum Gasteiger partial charge on any atom is -0.0923 e. The smallest absolute Gasteiger partial charge is 0.0484 e. The second kappa shape index (κ2) is 5.59. The fourth-order valence-electron chi connectivity index (χ4n) is 1.62. The van der Waals surface area contributed by atoms with Crippen LogP contribution in [0, 0.1) is 0 Å². The molecule has 0 radical (unpaired) electrons. The first-order valence-corrected chi connectivity index (χ1v) is 6.23. The normalized spacial score (nSPS) is 10.1. The molecule has 0 bridgehead atoms. The zero-order chi connectivity index (χ0) is 12.3. The highest BCUT2D eigenvalue weighted by Crippen LogP contribution is 2.33. The summed E-state index contributed by atoms with van der Waals surface area (Å²) in [5.41, 5.74) is 4.07. The maximum Gasteiger partial charge on any atom is 0.0484 e. The molecule has 86 valence electrons. The summed E-state index contributed by atoms with van der Waals surface area (Å²) in [6.45, 7) is 0. The number of hydrogen-bond donors (Lipinski definition) is 0. The summed E-state index contributed by atoms with van der Waals surface area (Å²) in [6, 6.07) is 15.1. The van der Waals surface area contributed by atoms with Crippen molar-refractivity contribution in [3.05, 3.63) is 75.2 Å². The molecule has 0 amide bonds. The van der Waals surface area contributed by atoms with Gasteiger partial charge < -0.3 is 0 Å². The molecule has 0 aromatic heterocycles. The van der Waals surface area contributed by atoms with E-state index in [4.69, 9.17) is 34.8 Å². The number of halogens is 3. The molecule has 0 N–H and O–H groups in total. The third-order valence-electron chi connectivity index (χ3n) is 2.44. The molecule has 17 heavy (non-hydrogen) atoms. The Labute approximate surface area is 115 Å². The minimum atomic E-state index is 0.652. The monoisotopic (exact) mass is 282 g/mol. The summed E-state index contributed by atoms with van der Waals surface area (Å²) in [6.07, 6.45) is 0. The van der Waals surface area contributed by atoms with Crippen LogP contribution >= 0.6 is 34.8 Å². The molecular weight excluding hydrogens is 275 g/mol. The molecule has 3 heteroatoms. The molecule has 0 unspecified atom stereocenters. The Bertz CT molecular complexity index is 511. The molecule has 0 aliphatic carbocycles. The molecular formula is C14H9Cl3. The van der Waals surface area contributed by atoms with E-state index in [0.29, 0.717) is 10.0 Å². The van der Waals surface area contributed by atoms with Crippen LogP contribution in [0.3, 0.4) is 0 Å². The van der Waals surface area contributed by atoms with Crippen LogP contribution in [0.15, 0.2) is 54.1 Å². The van der Waals surface area contributed by atoms with Crippen molar-refractivity contribution in [1.82, 2.24) is 0 Å². The largest absolute Gasteiger partial charge is 0.0923 e. The molecule has 0 fully saturated rings. The van der Waals surface area contributed by atoms with Crippen LogP contribution in [0.4, 0.5) is 0 Å². The Hall–Kier alpha value is -0.950. The highest BCUT2D eigenvalue weighted by atomic mass is 35.5. The van der Waals surface area contributed by atoms with Crippen molar-refractivity contribution in [2.45, 2.75) is 0 Å². The molecule has 0 atom stereocenters. The van der Waals surface area contributed by atoms with Crippen LogP contribution < -0.4 is 0 Å². The standard InChI is InChI=1S/C14H9Cl3/c15-9-12(10-5-1-3-7-13(10)16)11-6-2-4-8-14(11)17/h1-9H. The van der Waals surface area contributed by atoms with E-state index in [1.54, 1.807) is 0 Å². The summed E-state index contributed by atoms with van der Waals surface area (Å²) in [5, 5.41) is 1.30. The summed E-state index contributed by atoms with van der Waals surface area (Å²) in [7, 11) is 0. The van der Waals surface area contributed by atoms with E-state index in [1.807, 2.05) is 48.5 Å². The van der Waals surface area contributed by atoms with Gasteiger partial charge in [0.1, 0.15) is 0 Å². The lowest BCUT2D eigenvalue weighted by atomic mass is 9.99. The van der Waals surface area contributed by atoms with Crippen molar-refractivity contribution in [3.63, 3.8) is 0 Å². The maximum atomic E-state index is 6.16. The Morgan fingerprint density at radius 1 is 0.765 bits per heavy atom. The first-order chi connectivity index (χ1) is 8.24. The van der Waals surface area contributed by atoms with Crippen LogP contribution in [-0.4, -0.2) is 0 Å². The molecule has 2 rings (SSSR count). The summed E-state index contributed by atoms with van der Waals surface area (Å²) < 4.78 is 0. The van der Waals surface area contributed by atoms with Gasteiger partial charge in [-0.25, -0.2) is 0 Å². The van der Waals surface area contributed by atoms with E-state index in [-0.39, 0.29) is 0 Å². The lowest BCUT2D eigenvalue weighted by Gasteiger charge is -2.10. The van der Waals surface area contributed by atoms with E-state index in [1.165, 1.54) is 5.54 Å². The fourth-order valence-corrected chi connectivity index (χ4v) is 2.33. The minimum absolute atomic E-state index is 0.652. The summed E-state index contributed by atoms with van der Waals surface area (Å²) >= 11 is 18.2. The van der Waals surface area contributed by atoms with Crippen molar-refractivity contribution in [2.75, 3.05) is 0 Å². The molecule has 0 heterocycles. The highest BCUT2D eigenvalue weighted by molar-refractivity contribution is 6.36. The van der Waals surface area contributed by atoms with Crippen molar-refractivity contribution in [3.8, 4) is 0 Å². The lowest BCUT2D eigenvalue weighted by Crippen LogP contribution is -1.89. The van der Waals surface area contributed by atoms with Gasteiger partial charge in [0.25, 0.3) is 0 Å². The second-order valence-corrected chi connectivity index (χ2v) is 4.52. The zero-order valence-electron chi connectivity index (χ0n) is 8.83. The van der Waals surface area contributed by atoms with Gasteiger partial charge in [0.2, 0.25) is 0 Å². The zero-order valence-corrected chi connectivity index (χ0v) is 11.1. The summed E-state index contributed by atoms with van der Waals surface area (Å²) in [4.78, 5) is 0. The van der Waals surface area contributed by atoms with Crippen molar-refractivity contribution in [2.24, 2.45) is 0 Å².